The van der Waals surface area contributed by atoms with Crippen molar-refractivity contribution in [3.8, 4) is 18.1 Å². The Morgan fingerprint density at radius 2 is 2.32 bits per heavy atom. The van der Waals surface area contributed by atoms with Crippen LogP contribution in [-0.4, -0.2) is 16.2 Å². The molecule has 0 aliphatic carbocycles. The van der Waals surface area contributed by atoms with Crippen molar-refractivity contribution < 1.29 is 4.74 Å². The standard InChI is InChI=1S/C15H19N3O/c1-4-8-18-14-7-6-12(19-9-5-2)10-13(14)17-15(18)11(3)16/h1,6-7,10-11H,5,8-9,16H2,2-3H3. The van der Waals surface area contributed by atoms with E-state index in [-0.39, 0.29) is 6.04 Å². The second-order valence-corrected chi connectivity index (χ2v) is 4.55. The number of aromatic nitrogens is 2. The molecule has 0 aliphatic rings. The van der Waals surface area contributed by atoms with Crippen molar-refractivity contribution in [1.82, 2.24) is 9.55 Å². The highest BCUT2D eigenvalue weighted by Gasteiger charge is 2.13. The van der Waals surface area contributed by atoms with Crippen molar-refractivity contribution >= 4 is 11.0 Å². The molecule has 2 rings (SSSR count). The molecule has 1 aromatic carbocycles. The van der Waals surface area contributed by atoms with Gasteiger partial charge in [-0.05, 0) is 25.5 Å². The maximum atomic E-state index is 5.94. The first-order valence-corrected chi connectivity index (χ1v) is 6.49. The van der Waals surface area contributed by atoms with Gasteiger partial charge in [0, 0.05) is 6.07 Å². The number of hydrogen-bond donors (Lipinski definition) is 1. The number of hydrogen-bond acceptors (Lipinski definition) is 3. The van der Waals surface area contributed by atoms with Crippen molar-refractivity contribution in [2.75, 3.05) is 6.61 Å². The van der Waals surface area contributed by atoms with Crippen LogP contribution < -0.4 is 10.5 Å². The third-order valence-electron chi connectivity index (χ3n) is 2.88. The number of nitrogens with zero attached hydrogens (tertiary/aromatic N) is 2. The average molecular weight is 257 g/mol. The monoisotopic (exact) mass is 257 g/mol. The summed E-state index contributed by atoms with van der Waals surface area (Å²) in [5, 5.41) is 0. The molecule has 0 saturated carbocycles. The molecule has 0 radical (unpaired) electrons. The van der Waals surface area contributed by atoms with E-state index in [1.165, 1.54) is 0 Å². The number of nitrogens with two attached hydrogens (primary N) is 1. The second kappa shape index (κ2) is 5.77. The summed E-state index contributed by atoms with van der Waals surface area (Å²) in [6, 6.07) is 5.71. The SMILES string of the molecule is C#CCn1c(C(C)N)nc2cc(OCCC)ccc21. The lowest BCUT2D eigenvalue weighted by Crippen LogP contribution is -2.13. The highest BCUT2D eigenvalue weighted by Crippen LogP contribution is 2.24. The highest BCUT2D eigenvalue weighted by molar-refractivity contribution is 5.78. The molecular formula is C15H19N3O. The van der Waals surface area contributed by atoms with Gasteiger partial charge in [0.05, 0.1) is 30.2 Å². The summed E-state index contributed by atoms with van der Waals surface area (Å²) in [5.74, 6) is 4.28. The Balaban J connectivity index is 2.47. The molecule has 0 bridgehead atoms. The van der Waals surface area contributed by atoms with E-state index >= 15 is 0 Å². The van der Waals surface area contributed by atoms with E-state index in [4.69, 9.17) is 16.9 Å². The van der Waals surface area contributed by atoms with Gasteiger partial charge < -0.3 is 15.0 Å². The zero-order chi connectivity index (χ0) is 13.8. The quantitative estimate of drug-likeness (QED) is 0.837. The largest absolute Gasteiger partial charge is 0.494 e. The molecule has 0 amide bonds. The maximum absolute atomic E-state index is 5.94. The number of benzene rings is 1. The number of fused-ring (bicyclic) bond motifs is 1. The first kappa shape index (κ1) is 13.4. The van der Waals surface area contributed by atoms with E-state index < -0.39 is 0 Å². The first-order chi connectivity index (χ1) is 9.17. The van der Waals surface area contributed by atoms with Crippen LogP contribution in [0.3, 0.4) is 0 Å². The van der Waals surface area contributed by atoms with Gasteiger partial charge in [0.15, 0.2) is 0 Å². The van der Waals surface area contributed by atoms with Gasteiger partial charge >= 0.3 is 0 Å². The van der Waals surface area contributed by atoms with Gasteiger partial charge in [-0.2, -0.15) is 0 Å². The second-order valence-electron chi connectivity index (χ2n) is 4.55. The van der Waals surface area contributed by atoms with Crippen molar-refractivity contribution in [3.05, 3.63) is 24.0 Å². The van der Waals surface area contributed by atoms with Gasteiger partial charge in [-0.1, -0.05) is 12.8 Å². The predicted octanol–water partition coefficient (Wildman–Crippen LogP) is 2.48. The molecule has 0 fully saturated rings. The smallest absolute Gasteiger partial charge is 0.127 e. The zero-order valence-electron chi connectivity index (χ0n) is 11.4. The lowest BCUT2D eigenvalue weighted by Gasteiger charge is -2.08. The zero-order valence-corrected chi connectivity index (χ0v) is 11.4. The predicted molar refractivity (Wildman–Crippen MR) is 77.0 cm³/mol. The van der Waals surface area contributed by atoms with E-state index in [0.29, 0.717) is 13.2 Å². The Hall–Kier alpha value is -1.99. The number of ether oxygens (including phenoxy) is 1. The van der Waals surface area contributed by atoms with Gasteiger partial charge in [-0.15, -0.1) is 6.42 Å². The fourth-order valence-corrected chi connectivity index (χ4v) is 2.04. The molecule has 1 aromatic heterocycles. The molecule has 19 heavy (non-hydrogen) atoms. The lowest BCUT2D eigenvalue weighted by atomic mass is 10.3. The summed E-state index contributed by atoms with van der Waals surface area (Å²) in [4.78, 5) is 4.56. The van der Waals surface area contributed by atoms with Crippen LogP contribution >= 0.6 is 0 Å². The number of rotatable bonds is 5. The normalized spacial score (nSPS) is 12.3. The van der Waals surface area contributed by atoms with Crippen LogP contribution in [-0.2, 0) is 6.54 Å². The molecule has 1 unspecified atom stereocenters. The van der Waals surface area contributed by atoms with Crippen LogP contribution in [0.15, 0.2) is 18.2 Å². The van der Waals surface area contributed by atoms with Gasteiger partial charge in [0.2, 0.25) is 0 Å². The maximum Gasteiger partial charge on any atom is 0.127 e. The Morgan fingerprint density at radius 1 is 1.53 bits per heavy atom. The van der Waals surface area contributed by atoms with E-state index in [2.05, 4.69) is 17.8 Å². The van der Waals surface area contributed by atoms with Crippen LogP contribution in [0.5, 0.6) is 5.75 Å². The lowest BCUT2D eigenvalue weighted by molar-refractivity contribution is 0.318. The van der Waals surface area contributed by atoms with E-state index in [1.807, 2.05) is 29.7 Å². The van der Waals surface area contributed by atoms with Crippen molar-refractivity contribution in [2.24, 2.45) is 5.73 Å². The summed E-state index contributed by atoms with van der Waals surface area (Å²) in [5.41, 5.74) is 7.81. The molecule has 4 heteroatoms. The van der Waals surface area contributed by atoms with Crippen LogP contribution in [0.25, 0.3) is 11.0 Å². The Bertz CT molecular complexity index is 608. The molecule has 1 heterocycles. The average Bonchev–Trinajstić information content (AvgIpc) is 2.75. The number of imidazole rings is 1. The third-order valence-corrected chi connectivity index (χ3v) is 2.88. The molecule has 0 spiro atoms. The Kier molecular flexibility index (Phi) is 4.08. The highest BCUT2D eigenvalue weighted by atomic mass is 16.5. The summed E-state index contributed by atoms with van der Waals surface area (Å²) in [6.45, 7) is 5.16. The molecule has 2 aromatic rings. The Morgan fingerprint density at radius 3 is 2.95 bits per heavy atom. The van der Waals surface area contributed by atoms with Gasteiger partial charge in [-0.25, -0.2) is 4.98 Å². The molecule has 100 valence electrons. The molecule has 4 nitrogen and oxygen atoms in total. The third kappa shape index (κ3) is 2.72. The van der Waals surface area contributed by atoms with Crippen molar-refractivity contribution in [3.63, 3.8) is 0 Å². The van der Waals surface area contributed by atoms with Gasteiger partial charge in [-0.3, -0.25) is 0 Å². The molecule has 0 saturated heterocycles. The van der Waals surface area contributed by atoms with Crippen molar-refractivity contribution in [1.29, 1.82) is 0 Å². The summed E-state index contributed by atoms with van der Waals surface area (Å²) in [6.07, 6.45) is 6.39. The van der Waals surface area contributed by atoms with Crippen LogP contribution in [0, 0.1) is 12.3 Å². The minimum Gasteiger partial charge on any atom is -0.494 e. The van der Waals surface area contributed by atoms with Crippen LogP contribution in [0.4, 0.5) is 0 Å². The fraction of sp³-hybridized carbons (Fsp3) is 0.400. The first-order valence-electron chi connectivity index (χ1n) is 6.49. The molecular weight excluding hydrogens is 238 g/mol. The summed E-state index contributed by atoms with van der Waals surface area (Å²) >= 11 is 0. The molecule has 1 atom stereocenters. The van der Waals surface area contributed by atoms with Gasteiger partial charge in [0.25, 0.3) is 0 Å². The fourth-order valence-electron chi connectivity index (χ4n) is 2.04. The molecule has 2 N–H and O–H groups in total. The number of terminal acetylenes is 1. The Labute approximate surface area is 113 Å². The minimum atomic E-state index is -0.152. The van der Waals surface area contributed by atoms with E-state index in [9.17, 15) is 0 Å². The summed E-state index contributed by atoms with van der Waals surface area (Å²) in [7, 11) is 0. The van der Waals surface area contributed by atoms with Crippen LogP contribution in [0.1, 0.15) is 32.1 Å². The van der Waals surface area contributed by atoms with Crippen molar-refractivity contribution in [2.45, 2.75) is 32.9 Å². The topological polar surface area (TPSA) is 53.1 Å². The minimum absolute atomic E-state index is 0.152. The summed E-state index contributed by atoms with van der Waals surface area (Å²) < 4.78 is 7.59. The van der Waals surface area contributed by atoms with E-state index in [1.54, 1.807) is 0 Å². The van der Waals surface area contributed by atoms with Gasteiger partial charge in [0.1, 0.15) is 11.6 Å². The molecule has 0 aliphatic heterocycles. The van der Waals surface area contributed by atoms with Crippen LogP contribution in [0.2, 0.25) is 0 Å². The van der Waals surface area contributed by atoms with E-state index in [0.717, 1.165) is 29.0 Å².